The predicted molar refractivity (Wildman–Crippen MR) is 88.2 cm³/mol. The first-order valence-corrected chi connectivity index (χ1v) is 8.97. The van der Waals surface area contributed by atoms with Crippen molar-refractivity contribution in [3.05, 3.63) is 0 Å². The number of carbonyl (C=O) groups excluding carboxylic acids is 2. The quantitative estimate of drug-likeness (QED) is 0.359. The van der Waals surface area contributed by atoms with E-state index in [0.29, 0.717) is 12.8 Å². The standard InChI is InChI=1S/C18H35NO3.K/c1-4-5-6-7-8-9-10-11-12-13-17(20)19-16(18(21)22)14-15(2)3;/h15-16H,4-14H2,1-3H3,(H,19,20)(H,21,22);/q;+1/p-1/t16-;/m0./s1. The minimum atomic E-state index is -1.19. The molecular formula is C18H34KNO3. The monoisotopic (exact) mass is 351 g/mol. The van der Waals surface area contributed by atoms with Gasteiger partial charge in [0.1, 0.15) is 0 Å². The number of hydrogen-bond donors (Lipinski definition) is 1. The molecule has 0 heterocycles. The van der Waals surface area contributed by atoms with Crippen LogP contribution in [0, 0.1) is 5.92 Å². The smallest absolute Gasteiger partial charge is 0.548 e. The van der Waals surface area contributed by atoms with E-state index in [2.05, 4.69) is 12.2 Å². The zero-order chi connectivity index (χ0) is 16.8. The molecule has 0 rings (SSSR count). The number of carbonyl (C=O) groups is 2. The van der Waals surface area contributed by atoms with Gasteiger partial charge in [0.2, 0.25) is 5.91 Å². The number of nitrogens with one attached hydrogen (secondary N) is 1. The SMILES string of the molecule is CCCCCCCCCCCC(=O)N[C@@H](CC(C)C)C(=O)[O-].[K+]. The molecule has 0 aliphatic heterocycles. The molecule has 0 aliphatic carbocycles. The fourth-order valence-electron chi connectivity index (χ4n) is 2.55. The van der Waals surface area contributed by atoms with Gasteiger partial charge in [-0.15, -0.1) is 0 Å². The van der Waals surface area contributed by atoms with E-state index in [0.717, 1.165) is 19.3 Å². The molecular weight excluding hydrogens is 317 g/mol. The van der Waals surface area contributed by atoms with Crippen molar-refractivity contribution < 1.29 is 66.1 Å². The maximum atomic E-state index is 11.7. The largest absolute Gasteiger partial charge is 1.00 e. The molecule has 0 aromatic rings. The Kier molecular flexibility index (Phi) is 19.5. The van der Waals surface area contributed by atoms with Crippen LogP contribution in [0.2, 0.25) is 0 Å². The van der Waals surface area contributed by atoms with Gasteiger partial charge in [-0.3, -0.25) is 4.79 Å². The molecule has 130 valence electrons. The summed E-state index contributed by atoms with van der Waals surface area (Å²) in [6.45, 7) is 6.09. The van der Waals surface area contributed by atoms with E-state index in [1.54, 1.807) is 0 Å². The fourth-order valence-corrected chi connectivity index (χ4v) is 2.55. The molecule has 0 saturated carbocycles. The molecule has 1 atom stereocenters. The van der Waals surface area contributed by atoms with E-state index < -0.39 is 12.0 Å². The van der Waals surface area contributed by atoms with Gasteiger partial charge in [0.05, 0.1) is 12.0 Å². The summed E-state index contributed by atoms with van der Waals surface area (Å²) in [5.74, 6) is -1.14. The van der Waals surface area contributed by atoms with Crippen LogP contribution in [0.1, 0.15) is 91.4 Å². The van der Waals surface area contributed by atoms with E-state index in [4.69, 9.17) is 0 Å². The minimum absolute atomic E-state index is 0. The number of carboxylic acids is 1. The molecule has 0 unspecified atom stereocenters. The van der Waals surface area contributed by atoms with Crippen LogP contribution in [0.5, 0.6) is 0 Å². The van der Waals surface area contributed by atoms with Crippen LogP contribution in [0.25, 0.3) is 0 Å². The molecule has 0 bridgehead atoms. The molecule has 0 aromatic carbocycles. The van der Waals surface area contributed by atoms with Crippen LogP contribution in [0.4, 0.5) is 0 Å². The van der Waals surface area contributed by atoms with Crippen LogP contribution < -0.4 is 61.8 Å². The molecule has 5 heteroatoms. The first-order chi connectivity index (χ1) is 10.5. The second-order valence-electron chi connectivity index (χ2n) is 6.65. The zero-order valence-corrected chi connectivity index (χ0v) is 18.8. The Labute approximate surface area is 185 Å². The number of rotatable bonds is 14. The van der Waals surface area contributed by atoms with Crippen molar-refractivity contribution in [1.29, 1.82) is 0 Å². The van der Waals surface area contributed by atoms with Crippen LogP contribution in [-0.2, 0) is 9.59 Å². The van der Waals surface area contributed by atoms with Crippen LogP contribution in [-0.4, -0.2) is 17.9 Å². The Morgan fingerprint density at radius 2 is 1.39 bits per heavy atom. The topological polar surface area (TPSA) is 69.2 Å². The van der Waals surface area contributed by atoms with Gasteiger partial charge in [-0.25, -0.2) is 0 Å². The number of hydrogen-bond acceptors (Lipinski definition) is 3. The van der Waals surface area contributed by atoms with Crippen LogP contribution in [0.3, 0.4) is 0 Å². The third-order valence-corrected chi connectivity index (χ3v) is 3.83. The van der Waals surface area contributed by atoms with Gasteiger partial charge in [0.25, 0.3) is 0 Å². The van der Waals surface area contributed by atoms with Crippen molar-refractivity contribution >= 4 is 11.9 Å². The number of unbranched alkanes of at least 4 members (excludes halogenated alkanes) is 8. The molecule has 0 aromatic heterocycles. The maximum absolute atomic E-state index is 11.7. The summed E-state index contributed by atoms with van der Waals surface area (Å²) in [5.41, 5.74) is 0. The summed E-state index contributed by atoms with van der Waals surface area (Å²) >= 11 is 0. The van der Waals surface area contributed by atoms with Crippen molar-refractivity contribution in [3.63, 3.8) is 0 Å². The van der Waals surface area contributed by atoms with Gasteiger partial charge in [0, 0.05) is 6.42 Å². The molecule has 0 saturated heterocycles. The Hall–Kier alpha value is 0.576. The summed E-state index contributed by atoms with van der Waals surface area (Å²) in [6, 6.07) is -0.855. The van der Waals surface area contributed by atoms with Crippen molar-refractivity contribution in [2.45, 2.75) is 97.4 Å². The predicted octanol–water partition coefficient (Wildman–Crippen LogP) is 0.192. The van der Waals surface area contributed by atoms with Gasteiger partial charge in [-0.1, -0.05) is 72.1 Å². The van der Waals surface area contributed by atoms with Gasteiger partial charge >= 0.3 is 51.4 Å². The molecule has 1 amide bonds. The van der Waals surface area contributed by atoms with Crippen LogP contribution >= 0.6 is 0 Å². The van der Waals surface area contributed by atoms with E-state index in [1.807, 2.05) is 13.8 Å². The van der Waals surface area contributed by atoms with E-state index in [1.165, 1.54) is 38.5 Å². The first-order valence-electron chi connectivity index (χ1n) is 8.97. The summed E-state index contributed by atoms with van der Waals surface area (Å²) in [7, 11) is 0. The number of amides is 1. The Morgan fingerprint density at radius 3 is 1.83 bits per heavy atom. The van der Waals surface area contributed by atoms with Crippen molar-refractivity contribution in [2.24, 2.45) is 5.92 Å². The maximum Gasteiger partial charge on any atom is 1.00 e. The summed E-state index contributed by atoms with van der Waals surface area (Å²) in [6.07, 6.45) is 11.7. The molecule has 0 radical (unpaired) electrons. The molecule has 23 heavy (non-hydrogen) atoms. The Morgan fingerprint density at radius 1 is 0.913 bits per heavy atom. The first kappa shape index (κ1) is 25.8. The van der Waals surface area contributed by atoms with Crippen molar-refractivity contribution in [1.82, 2.24) is 5.32 Å². The van der Waals surface area contributed by atoms with E-state index in [-0.39, 0.29) is 63.2 Å². The molecule has 4 nitrogen and oxygen atoms in total. The average molecular weight is 352 g/mol. The third kappa shape index (κ3) is 17.2. The summed E-state index contributed by atoms with van der Waals surface area (Å²) in [5, 5.41) is 13.5. The van der Waals surface area contributed by atoms with Crippen LogP contribution in [0.15, 0.2) is 0 Å². The van der Waals surface area contributed by atoms with E-state index >= 15 is 0 Å². The zero-order valence-electron chi connectivity index (χ0n) is 15.7. The summed E-state index contributed by atoms with van der Waals surface area (Å²) < 4.78 is 0. The van der Waals surface area contributed by atoms with Gasteiger partial charge < -0.3 is 15.2 Å². The van der Waals surface area contributed by atoms with E-state index in [9.17, 15) is 14.7 Å². The summed E-state index contributed by atoms with van der Waals surface area (Å²) in [4.78, 5) is 22.7. The Bertz CT molecular complexity index is 309. The normalized spacial score (nSPS) is 11.8. The van der Waals surface area contributed by atoms with Crippen molar-refractivity contribution in [2.75, 3.05) is 0 Å². The minimum Gasteiger partial charge on any atom is -0.548 e. The average Bonchev–Trinajstić information content (AvgIpc) is 2.44. The van der Waals surface area contributed by atoms with Gasteiger partial charge in [-0.05, 0) is 18.8 Å². The third-order valence-electron chi connectivity index (χ3n) is 3.83. The number of carboxylic acid groups (broad SMARTS) is 1. The Balaban J connectivity index is 0. The molecule has 0 fully saturated rings. The molecule has 0 spiro atoms. The molecule has 0 aliphatic rings. The fraction of sp³-hybridized carbons (Fsp3) is 0.889. The second-order valence-corrected chi connectivity index (χ2v) is 6.65. The van der Waals surface area contributed by atoms with Gasteiger partial charge in [-0.2, -0.15) is 0 Å². The van der Waals surface area contributed by atoms with Gasteiger partial charge in [0.15, 0.2) is 0 Å². The number of aliphatic carboxylic acids is 1. The molecule has 1 N–H and O–H groups in total. The second kappa shape index (κ2) is 17.4. The van der Waals surface area contributed by atoms with Crippen molar-refractivity contribution in [3.8, 4) is 0 Å².